The fraction of sp³-hybridized carbons (Fsp3) is 0.621. The second-order valence-electron chi connectivity index (χ2n) is 10.2. The van der Waals surface area contributed by atoms with Gasteiger partial charge in [0.25, 0.3) is 0 Å². The molecule has 4 rings (SSSR count). The van der Waals surface area contributed by atoms with Crippen LogP contribution in [0.4, 0.5) is 5.69 Å². The van der Waals surface area contributed by atoms with E-state index < -0.39 is 0 Å². The van der Waals surface area contributed by atoms with Crippen LogP contribution in [0, 0.1) is 11.8 Å². The molecule has 3 aliphatic heterocycles. The molecule has 3 N–H and O–H groups in total. The summed E-state index contributed by atoms with van der Waals surface area (Å²) in [7, 11) is 1.70. The molecular weight excluding hydrogens is 448 g/mol. The smallest absolute Gasteiger partial charge is 0.196 e. The Hall–Kier alpha value is -2.69. The second-order valence-corrected chi connectivity index (χ2v) is 10.2. The molecule has 0 aliphatic carbocycles. The fourth-order valence-corrected chi connectivity index (χ4v) is 5.41. The minimum atomic E-state index is 0.407. The van der Waals surface area contributed by atoms with Crippen molar-refractivity contribution in [1.82, 2.24) is 20.0 Å². The standard InChI is InChI=1S/C29H44N6O/c1-4-33-19-12-25(13-20-33)31-23(2)26-22-28(36-3)24(11-5-6-14-34-15-7-8-16-34)21-27(26)32-29(30)35-17-9-10-18-35/h21-22,25,31H,2,4,6-10,12-20H2,1,3H3,(H2,30,32). The third kappa shape index (κ3) is 6.96. The summed E-state index contributed by atoms with van der Waals surface area (Å²) in [6.45, 7) is 15.3. The van der Waals surface area contributed by atoms with E-state index in [1.807, 2.05) is 12.1 Å². The summed E-state index contributed by atoms with van der Waals surface area (Å²) < 4.78 is 5.77. The molecule has 0 amide bonds. The number of ether oxygens (including phenoxy) is 1. The topological polar surface area (TPSA) is 69.4 Å². The minimum Gasteiger partial charge on any atom is -0.495 e. The summed E-state index contributed by atoms with van der Waals surface area (Å²) in [5.41, 5.74) is 9.89. The predicted octanol–water partition coefficient (Wildman–Crippen LogP) is 3.62. The molecule has 1 aromatic rings. The van der Waals surface area contributed by atoms with Crippen molar-refractivity contribution in [2.24, 2.45) is 10.7 Å². The highest BCUT2D eigenvalue weighted by Gasteiger charge is 2.21. The Morgan fingerprint density at radius 3 is 2.44 bits per heavy atom. The number of aliphatic imine (C=N–C) groups is 1. The Morgan fingerprint density at radius 2 is 1.78 bits per heavy atom. The van der Waals surface area contributed by atoms with Crippen molar-refractivity contribution in [1.29, 1.82) is 0 Å². The molecule has 196 valence electrons. The first-order valence-electron chi connectivity index (χ1n) is 13.8. The largest absolute Gasteiger partial charge is 0.495 e. The van der Waals surface area contributed by atoms with Gasteiger partial charge in [0.15, 0.2) is 5.96 Å². The van der Waals surface area contributed by atoms with Gasteiger partial charge in [-0.25, -0.2) is 4.99 Å². The number of hydrogen-bond donors (Lipinski definition) is 2. The van der Waals surface area contributed by atoms with Crippen LogP contribution in [-0.2, 0) is 0 Å². The van der Waals surface area contributed by atoms with Crippen molar-refractivity contribution in [3.8, 4) is 17.6 Å². The van der Waals surface area contributed by atoms with Gasteiger partial charge in [0.05, 0.1) is 18.4 Å². The maximum absolute atomic E-state index is 6.45. The van der Waals surface area contributed by atoms with E-state index in [1.165, 1.54) is 25.9 Å². The first-order chi connectivity index (χ1) is 17.6. The molecule has 0 aromatic heterocycles. The Balaban J connectivity index is 1.56. The summed E-state index contributed by atoms with van der Waals surface area (Å²) in [5, 5.41) is 3.68. The van der Waals surface area contributed by atoms with Gasteiger partial charge in [0, 0.05) is 56.4 Å². The number of benzene rings is 1. The van der Waals surface area contributed by atoms with Crippen molar-refractivity contribution in [3.63, 3.8) is 0 Å². The minimum absolute atomic E-state index is 0.407. The highest BCUT2D eigenvalue weighted by molar-refractivity contribution is 5.85. The quantitative estimate of drug-likeness (QED) is 0.328. The third-order valence-electron chi connectivity index (χ3n) is 7.70. The lowest BCUT2D eigenvalue weighted by Gasteiger charge is -2.32. The average Bonchev–Trinajstić information content (AvgIpc) is 3.62. The van der Waals surface area contributed by atoms with Crippen molar-refractivity contribution >= 4 is 17.3 Å². The number of piperidine rings is 1. The Labute approximate surface area is 217 Å². The summed E-state index contributed by atoms with van der Waals surface area (Å²) in [6, 6.07) is 4.45. The van der Waals surface area contributed by atoms with Gasteiger partial charge in [-0.3, -0.25) is 0 Å². The SMILES string of the molecule is C=C(NC1CCN(CC)CC1)c1cc(OC)c(C#CCCN2CCCC2)cc1/N=C(\N)N1CCCC1. The molecular formula is C29H44N6O. The molecule has 3 fully saturated rings. The summed E-state index contributed by atoms with van der Waals surface area (Å²) in [5.74, 6) is 8.02. The summed E-state index contributed by atoms with van der Waals surface area (Å²) >= 11 is 0. The Kier molecular flexibility index (Phi) is 9.54. The van der Waals surface area contributed by atoms with Gasteiger partial charge in [0.1, 0.15) is 5.75 Å². The van der Waals surface area contributed by atoms with E-state index in [2.05, 4.69) is 45.4 Å². The van der Waals surface area contributed by atoms with Gasteiger partial charge in [-0.1, -0.05) is 25.3 Å². The predicted molar refractivity (Wildman–Crippen MR) is 150 cm³/mol. The van der Waals surface area contributed by atoms with Crippen molar-refractivity contribution in [2.75, 3.05) is 59.5 Å². The maximum Gasteiger partial charge on any atom is 0.196 e. The molecule has 3 saturated heterocycles. The summed E-state index contributed by atoms with van der Waals surface area (Å²) in [4.78, 5) is 12.0. The number of nitrogens with one attached hydrogen (secondary N) is 1. The van der Waals surface area contributed by atoms with Crippen LogP contribution in [0.15, 0.2) is 23.7 Å². The van der Waals surface area contributed by atoms with Crippen molar-refractivity contribution < 1.29 is 4.74 Å². The van der Waals surface area contributed by atoms with Crippen LogP contribution in [0.1, 0.15) is 63.0 Å². The molecule has 3 heterocycles. The molecule has 0 bridgehead atoms. The average molecular weight is 493 g/mol. The van der Waals surface area contributed by atoms with Crippen LogP contribution in [0.5, 0.6) is 5.75 Å². The van der Waals surface area contributed by atoms with Crippen LogP contribution in [0.25, 0.3) is 5.70 Å². The van der Waals surface area contributed by atoms with Gasteiger partial charge in [-0.15, -0.1) is 0 Å². The van der Waals surface area contributed by atoms with E-state index in [1.54, 1.807) is 7.11 Å². The molecule has 0 spiro atoms. The van der Waals surface area contributed by atoms with Crippen LogP contribution in [0.3, 0.4) is 0 Å². The maximum atomic E-state index is 6.45. The second kappa shape index (κ2) is 13.0. The van der Waals surface area contributed by atoms with E-state index in [4.69, 9.17) is 15.5 Å². The first-order valence-corrected chi connectivity index (χ1v) is 13.8. The number of nitrogens with two attached hydrogens (primary N) is 1. The summed E-state index contributed by atoms with van der Waals surface area (Å²) in [6.07, 6.45) is 7.99. The Bertz CT molecular complexity index is 973. The lowest BCUT2D eigenvalue weighted by Crippen LogP contribution is -2.41. The number of methoxy groups -OCH3 is 1. The molecule has 1 aromatic carbocycles. The van der Waals surface area contributed by atoms with Crippen molar-refractivity contribution in [2.45, 2.75) is 57.9 Å². The van der Waals surface area contributed by atoms with Crippen LogP contribution >= 0.6 is 0 Å². The van der Waals surface area contributed by atoms with E-state index in [9.17, 15) is 0 Å². The molecule has 0 saturated carbocycles. The van der Waals surface area contributed by atoms with Crippen LogP contribution < -0.4 is 15.8 Å². The molecule has 7 nitrogen and oxygen atoms in total. The lowest BCUT2D eigenvalue weighted by atomic mass is 10.0. The van der Waals surface area contributed by atoms with Crippen LogP contribution in [-0.4, -0.2) is 86.2 Å². The zero-order chi connectivity index (χ0) is 25.3. The monoisotopic (exact) mass is 492 g/mol. The van der Waals surface area contributed by atoms with Crippen molar-refractivity contribution in [3.05, 3.63) is 29.8 Å². The normalized spacial score (nSPS) is 19.8. The van der Waals surface area contributed by atoms with Gasteiger partial charge in [0.2, 0.25) is 0 Å². The van der Waals surface area contributed by atoms with Gasteiger partial charge in [-0.2, -0.15) is 0 Å². The third-order valence-corrected chi connectivity index (χ3v) is 7.70. The highest BCUT2D eigenvalue weighted by atomic mass is 16.5. The zero-order valence-corrected chi connectivity index (χ0v) is 22.3. The van der Waals surface area contributed by atoms with Gasteiger partial charge in [-0.05, 0) is 70.3 Å². The van der Waals surface area contributed by atoms with E-state index in [-0.39, 0.29) is 0 Å². The molecule has 0 atom stereocenters. The van der Waals surface area contributed by atoms with E-state index >= 15 is 0 Å². The van der Waals surface area contributed by atoms with E-state index in [0.29, 0.717) is 12.0 Å². The number of hydrogen-bond acceptors (Lipinski definition) is 5. The number of rotatable bonds is 8. The molecule has 0 unspecified atom stereocenters. The van der Waals surface area contributed by atoms with Gasteiger partial charge >= 0.3 is 0 Å². The van der Waals surface area contributed by atoms with Crippen LogP contribution in [0.2, 0.25) is 0 Å². The molecule has 0 radical (unpaired) electrons. The first kappa shape index (κ1) is 26.4. The highest BCUT2D eigenvalue weighted by Crippen LogP contribution is 2.33. The fourth-order valence-electron chi connectivity index (χ4n) is 5.41. The Morgan fingerprint density at radius 1 is 1.08 bits per heavy atom. The number of likely N-dealkylation sites (tertiary alicyclic amines) is 3. The number of guanidine groups is 1. The molecule has 7 heteroatoms. The lowest BCUT2D eigenvalue weighted by molar-refractivity contribution is 0.215. The molecule has 3 aliphatic rings. The van der Waals surface area contributed by atoms with Gasteiger partial charge < -0.3 is 30.5 Å². The van der Waals surface area contributed by atoms with E-state index in [0.717, 1.165) is 99.6 Å². The zero-order valence-electron chi connectivity index (χ0n) is 22.3. The number of nitrogens with zero attached hydrogens (tertiary/aromatic N) is 4. The molecule has 36 heavy (non-hydrogen) atoms.